The first-order valence-corrected chi connectivity index (χ1v) is 9.93. The van der Waals surface area contributed by atoms with Crippen LogP contribution in [0.4, 0.5) is 5.82 Å². The van der Waals surface area contributed by atoms with Gasteiger partial charge in [-0.25, -0.2) is 4.98 Å². The van der Waals surface area contributed by atoms with Gasteiger partial charge in [-0.3, -0.25) is 0 Å². The van der Waals surface area contributed by atoms with Gasteiger partial charge in [0.15, 0.2) is 17.0 Å². The van der Waals surface area contributed by atoms with Crippen molar-refractivity contribution in [3.63, 3.8) is 0 Å². The smallest absolute Gasteiger partial charge is 0.226 e. The summed E-state index contributed by atoms with van der Waals surface area (Å²) in [6.45, 7) is 1.94. The van der Waals surface area contributed by atoms with E-state index in [-0.39, 0.29) is 17.2 Å². The van der Waals surface area contributed by atoms with E-state index in [1.165, 1.54) is 25.7 Å². The number of rotatable bonds is 5. The largest absolute Gasteiger partial charge is 0.390 e. The van der Waals surface area contributed by atoms with Crippen LogP contribution >= 0.6 is 11.6 Å². The minimum atomic E-state index is -0.835. The van der Waals surface area contributed by atoms with E-state index < -0.39 is 12.2 Å². The van der Waals surface area contributed by atoms with Crippen LogP contribution in [0.1, 0.15) is 45.1 Å². The third-order valence-corrected chi connectivity index (χ3v) is 6.42. The minimum Gasteiger partial charge on any atom is -0.390 e. The van der Waals surface area contributed by atoms with Crippen LogP contribution in [0.15, 0.2) is 6.33 Å². The highest BCUT2D eigenvalue weighted by Crippen LogP contribution is 2.46. The zero-order valence-electron chi connectivity index (χ0n) is 14.7. The summed E-state index contributed by atoms with van der Waals surface area (Å²) in [5.74, 6) is 2.15. The number of imidazole rings is 1. The molecule has 0 amide bonds. The lowest BCUT2D eigenvalue weighted by Crippen LogP contribution is -2.28. The van der Waals surface area contributed by atoms with Crippen LogP contribution in [0.3, 0.4) is 0 Å². The summed E-state index contributed by atoms with van der Waals surface area (Å²) in [5.41, 5.74) is 1.30. The zero-order chi connectivity index (χ0) is 18.0. The fraction of sp³-hybridized carbons (Fsp3) is 0.722. The number of aliphatic hydroxyl groups is 2. The molecule has 140 valence electrons. The summed E-state index contributed by atoms with van der Waals surface area (Å²) in [6, 6.07) is 0.180. The molecule has 0 aromatic carbocycles. The Labute approximate surface area is 156 Å². The van der Waals surface area contributed by atoms with E-state index in [0.29, 0.717) is 29.4 Å². The molecule has 3 fully saturated rings. The number of nitrogens with one attached hydrogen (secondary N) is 1. The van der Waals surface area contributed by atoms with Crippen LogP contribution in [-0.2, 0) is 0 Å². The van der Waals surface area contributed by atoms with Gasteiger partial charge in [-0.15, -0.1) is 0 Å². The summed E-state index contributed by atoms with van der Waals surface area (Å²) in [5, 5.41) is 24.3. The molecule has 8 heteroatoms. The average molecular weight is 378 g/mol. The second-order valence-corrected chi connectivity index (χ2v) is 8.61. The molecule has 0 saturated heterocycles. The van der Waals surface area contributed by atoms with E-state index in [2.05, 4.69) is 20.3 Å². The third kappa shape index (κ3) is 2.77. The van der Waals surface area contributed by atoms with Crippen LogP contribution in [0.2, 0.25) is 5.28 Å². The van der Waals surface area contributed by atoms with Crippen molar-refractivity contribution in [1.82, 2.24) is 19.5 Å². The minimum absolute atomic E-state index is 0.0245. The van der Waals surface area contributed by atoms with E-state index >= 15 is 0 Å². The first-order valence-electron chi connectivity index (χ1n) is 9.55. The Balaban J connectivity index is 1.51. The van der Waals surface area contributed by atoms with E-state index in [0.717, 1.165) is 11.8 Å². The molecule has 0 aliphatic heterocycles. The molecule has 3 saturated carbocycles. The molecular formula is C18H24ClN5O2. The average Bonchev–Trinajstić information content (AvgIpc) is 3.53. The van der Waals surface area contributed by atoms with Crippen LogP contribution in [-0.4, -0.2) is 48.0 Å². The van der Waals surface area contributed by atoms with Crippen molar-refractivity contribution in [2.45, 2.75) is 63.3 Å². The molecule has 4 atom stereocenters. The van der Waals surface area contributed by atoms with Gasteiger partial charge in [0.1, 0.15) is 6.10 Å². The number of anilines is 1. The van der Waals surface area contributed by atoms with Crippen LogP contribution in [0.5, 0.6) is 0 Å². The highest BCUT2D eigenvalue weighted by Gasteiger charge is 2.43. The van der Waals surface area contributed by atoms with Gasteiger partial charge in [-0.2, -0.15) is 9.97 Å². The molecule has 26 heavy (non-hydrogen) atoms. The third-order valence-electron chi connectivity index (χ3n) is 6.25. The quantitative estimate of drug-likeness (QED) is 0.692. The standard InChI is InChI=1S/C18H24ClN5O2/c1-8-6-11(15(26)14(8)25)24-7-20-13-16(22-18(19)23-17(13)24)21-12(9-2-3-9)10-4-5-10/h7-12,14-15,25-26H,2-6H2,1H3,(H,21,22,23)/t8?,11-,14+,15?/m1/s1. The van der Waals surface area contributed by atoms with Crippen LogP contribution in [0, 0.1) is 17.8 Å². The molecule has 0 bridgehead atoms. The summed E-state index contributed by atoms with van der Waals surface area (Å²) in [6.07, 6.45) is 5.87. The van der Waals surface area contributed by atoms with Gasteiger partial charge >= 0.3 is 0 Å². The number of hydrogen-bond acceptors (Lipinski definition) is 6. The molecule has 2 aromatic heterocycles. The fourth-order valence-electron chi connectivity index (χ4n) is 4.42. The molecule has 0 spiro atoms. The number of nitrogens with zero attached hydrogens (tertiary/aromatic N) is 4. The summed E-state index contributed by atoms with van der Waals surface area (Å²) < 4.78 is 1.84. The zero-order valence-corrected chi connectivity index (χ0v) is 15.5. The number of fused-ring (bicyclic) bond motifs is 1. The van der Waals surface area contributed by atoms with E-state index in [1.54, 1.807) is 6.33 Å². The van der Waals surface area contributed by atoms with Crippen molar-refractivity contribution in [2.24, 2.45) is 17.8 Å². The molecule has 2 heterocycles. The topological polar surface area (TPSA) is 96.1 Å². The van der Waals surface area contributed by atoms with Crippen LogP contribution in [0.25, 0.3) is 11.2 Å². The molecule has 2 unspecified atom stereocenters. The lowest BCUT2D eigenvalue weighted by Gasteiger charge is -2.20. The Hall–Kier alpha value is -1.44. The van der Waals surface area contributed by atoms with Crippen molar-refractivity contribution in [3.8, 4) is 0 Å². The number of aliphatic hydroxyl groups excluding tert-OH is 2. The first-order chi connectivity index (χ1) is 12.5. The first kappa shape index (κ1) is 16.7. The molecule has 2 aromatic rings. The Morgan fingerprint density at radius 1 is 1.15 bits per heavy atom. The normalized spacial score (nSPS) is 31.9. The predicted octanol–water partition coefficient (Wildman–Crippen LogP) is 2.38. The lowest BCUT2D eigenvalue weighted by atomic mass is 10.1. The Morgan fingerprint density at radius 3 is 2.42 bits per heavy atom. The van der Waals surface area contributed by atoms with E-state index in [9.17, 15) is 10.2 Å². The van der Waals surface area contributed by atoms with Gasteiger partial charge in [0.25, 0.3) is 0 Å². The Kier molecular flexibility index (Phi) is 3.88. The fourth-order valence-corrected chi connectivity index (χ4v) is 4.59. The van der Waals surface area contributed by atoms with E-state index in [1.807, 2.05) is 11.5 Å². The second kappa shape index (κ2) is 6.04. The van der Waals surface area contributed by atoms with E-state index in [4.69, 9.17) is 11.6 Å². The van der Waals surface area contributed by atoms with Gasteiger partial charge < -0.3 is 20.1 Å². The molecule has 0 radical (unpaired) electrons. The molecule has 7 nitrogen and oxygen atoms in total. The highest BCUT2D eigenvalue weighted by atomic mass is 35.5. The Morgan fingerprint density at radius 2 is 1.85 bits per heavy atom. The summed E-state index contributed by atoms with van der Waals surface area (Å²) in [7, 11) is 0. The van der Waals surface area contributed by atoms with Crippen molar-refractivity contribution in [3.05, 3.63) is 11.6 Å². The van der Waals surface area contributed by atoms with Gasteiger partial charge in [0, 0.05) is 6.04 Å². The van der Waals surface area contributed by atoms with Gasteiger partial charge in [0.05, 0.1) is 18.5 Å². The molecule has 5 rings (SSSR count). The van der Waals surface area contributed by atoms with Gasteiger partial charge in [-0.1, -0.05) is 6.92 Å². The van der Waals surface area contributed by atoms with Crippen molar-refractivity contribution < 1.29 is 10.2 Å². The number of halogens is 1. The van der Waals surface area contributed by atoms with Gasteiger partial charge in [-0.05, 0) is 61.5 Å². The molecule has 3 aliphatic rings. The summed E-state index contributed by atoms with van der Waals surface area (Å²) in [4.78, 5) is 13.3. The lowest BCUT2D eigenvalue weighted by molar-refractivity contribution is 0.00964. The Bertz CT molecular complexity index is 822. The van der Waals surface area contributed by atoms with Gasteiger partial charge in [0.2, 0.25) is 5.28 Å². The molecule has 3 aliphatic carbocycles. The van der Waals surface area contributed by atoms with Crippen molar-refractivity contribution in [2.75, 3.05) is 5.32 Å². The molecule has 3 N–H and O–H groups in total. The number of aromatic nitrogens is 4. The SMILES string of the molecule is CC1C[C@@H](n2cnc3c(NC(C4CC4)C4CC4)nc(Cl)nc32)C(O)[C@H]1O. The second-order valence-electron chi connectivity index (χ2n) is 8.27. The summed E-state index contributed by atoms with van der Waals surface area (Å²) >= 11 is 6.21. The number of hydrogen-bond donors (Lipinski definition) is 3. The van der Waals surface area contributed by atoms with Crippen LogP contribution < -0.4 is 5.32 Å². The monoisotopic (exact) mass is 377 g/mol. The predicted molar refractivity (Wildman–Crippen MR) is 98.0 cm³/mol. The molecular weight excluding hydrogens is 354 g/mol. The van der Waals surface area contributed by atoms with Crippen molar-refractivity contribution >= 4 is 28.6 Å². The maximum absolute atomic E-state index is 10.4. The highest BCUT2D eigenvalue weighted by molar-refractivity contribution is 6.28. The van der Waals surface area contributed by atoms with Crippen molar-refractivity contribution in [1.29, 1.82) is 0 Å². The maximum Gasteiger partial charge on any atom is 0.226 e. The maximum atomic E-state index is 10.4.